The van der Waals surface area contributed by atoms with Crippen molar-refractivity contribution in [3.63, 3.8) is 0 Å². The molecule has 6 heteroatoms. The van der Waals surface area contributed by atoms with Gasteiger partial charge in [-0.2, -0.15) is 0 Å². The van der Waals surface area contributed by atoms with Crippen LogP contribution in [0.15, 0.2) is 0 Å². The van der Waals surface area contributed by atoms with E-state index >= 15 is 0 Å². The first kappa shape index (κ1) is 14.7. The van der Waals surface area contributed by atoms with Crippen LogP contribution in [0.4, 0.5) is 0 Å². The zero-order chi connectivity index (χ0) is 14.1. The Balaban J connectivity index is 0.000000121. The molecule has 4 heterocycles. The van der Waals surface area contributed by atoms with Crippen LogP contribution in [-0.2, 0) is 18.9 Å². The van der Waals surface area contributed by atoms with Crippen molar-refractivity contribution in [2.24, 2.45) is 0 Å². The van der Waals surface area contributed by atoms with Crippen LogP contribution in [0.5, 0.6) is 0 Å². The van der Waals surface area contributed by atoms with Gasteiger partial charge in [-0.25, -0.2) is 9.80 Å². The second kappa shape index (κ2) is 5.87. The first-order valence-electron chi connectivity index (χ1n) is 7.56. The van der Waals surface area contributed by atoms with E-state index in [4.69, 9.17) is 18.9 Å². The van der Waals surface area contributed by atoms with Crippen molar-refractivity contribution >= 4 is 0 Å². The highest BCUT2D eigenvalue weighted by molar-refractivity contribution is 4.94. The van der Waals surface area contributed by atoms with Crippen molar-refractivity contribution in [2.75, 3.05) is 53.4 Å². The number of fused-ring (bicyclic) bond motifs is 2. The molecule has 0 saturated carbocycles. The molecule has 0 N–H and O–H groups in total. The van der Waals surface area contributed by atoms with E-state index in [-0.39, 0.29) is 11.1 Å². The van der Waals surface area contributed by atoms with Crippen LogP contribution in [-0.4, -0.2) is 74.2 Å². The van der Waals surface area contributed by atoms with Gasteiger partial charge in [0.05, 0.1) is 37.5 Å². The number of nitrogens with zero attached hydrogens (tertiary/aromatic N) is 2. The van der Waals surface area contributed by atoms with E-state index in [9.17, 15) is 0 Å². The molecule has 4 aliphatic heterocycles. The van der Waals surface area contributed by atoms with Gasteiger partial charge >= 0.3 is 0 Å². The molecule has 4 saturated heterocycles. The molecule has 0 aromatic rings. The maximum absolute atomic E-state index is 5.35. The van der Waals surface area contributed by atoms with Gasteiger partial charge in [0.2, 0.25) is 0 Å². The lowest BCUT2D eigenvalue weighted by Gasteiger charge is -2.24. The fourth-order valence-corrected chi connectivity index (χ4v) is 3.31. The monoisotopic (exact) mass is 286 g/mol. The summed E-state index contributed by atoms with van der Waals surface area (Å²) >= 11 is 0. The molecule has 0 atom stereocenters. The summed E-state index contributed by atoms with van der Waals surface area (Å²) in [6, 6.07) is 0. The van der Waals surface area contributed by atoms with Gasteiger partial charge in [0, 0.05) is 0 Å². The van der Waals surface area contributed by atoms with E-state index in [0.717, 1.165) is 66.2 Å². The lowest BCUT2D eigenvalue weighted by Crippen LogP contribution is -2.42. The van der Waals surface area contributed by atoms with Crippen LogP contribution in [0, 0.1) is 0 Å². The predicted octanol–water partition coefficient (Wildman–Crippen LogP) is 0.825. The smallest absolute Gasteiger partial charge is 0.101 e. The molecule has 4 rings (SSSR count). The minimum atomic E-state index is 0.236. The normalized spacial score (nSPS) is 30.9. The lowest BCUT2D eigenvalue weighted by molar-refractivity contribution is 0.0694. The molecule has 20 heavy (non-hydrogen) atoms. The Morgan fingerprint density at radius 3 is 1.15 bits per heavy atom. The van der Waals surface area contributed by atoms with E-state index in [1.807, 2.05) is 0 Å². The highest BCUT2D eigenvalue weighted by atomic mass is 16.6. The molecule has 0 aromatic carbocycles. The number of hydrogen-bond acceptors (Lipinski definition) is 6. The zero-order valence-electron chi connectivity index (χ0n) is 12.6. The van der Waals surface area contributed by atoms with Crippen LogP contribution in [0.3, 0.4) is 0 Å². The Kier molecular flexibility index (Phi) is 4.31. The summed E-state index contributed by atoms with van der Waals surface area (Å²) in [5.74, 6) is 0. The minimum Gasteiger partial charge on any atom is -0.364 e. The standard InChI is InChI=1S/2C7H13NO2/c2*1-2-7-3-9-5-8(7)6-10-4-7/h2*2-6H2,1H3. The number of hydrogen-bond donors (Lipinski definition) is 0. The molecule has 116 valence electrons. The molecule has 0 spiro atoms. The maximum Gasteiger partial charge on any atom is 0.101 e. The fourth-order valence-electron chi connectivity index (χ4n) is 3.31. The Labute approximate surface area is 120 Å². The SMILES string of the molecule is CCC12COCN1COC2.CCC12COCN1COC2. The average molecular weight is 286 g/mol. The quantitative estimate of drug-likeness (QED) is 0.749. The number of rotatable bonds is 2. The van der Waals surface area contributed by atoms with Gasteiger partial charge in [-0.3, -0.25) is 0 Å². The van der Waals surface area contributed by atoms with Gasteiger partial charge in [-0.1, -0.05) is 13.8 Å². The molecule has 0 amide bonds. The van der Waals surface area contributed by atoms with Gasteiger partial charge in [0.25, 0.3) is 0 Å². The van der Waals surface area contributed by atoms with Crippen molar-refractivity contribution in [3.05, 3.63) is 0 Å². The third-order valence-electron chi connectivity index (χ3n) is 5.13. The molecule has 0 unspecified atom stereocenters. The van der Waals surface area contributed by atoms with E-state index in [1.165, 1.54) is 0 Å². The van der Waals surface area contributed by atoms with E-state index in [0.29, 0.717) is 0 Å². The van der Waals surface area contributed by atoms with Gasteiger partial charge in [-0.15, -0.1) is 0 Å². The predicted molar refractivity (Wildman–Crippen MR) is 73.0 cm³/mol. The van der Waals surface area contributed by atoms with E-state index < -0.39 is 0 Å². The molecule has 0 aliphatic carbocycles. The molecular weight excluding hydrogens is 260 g/mol. The van der Waals surface area contributed by atoms with Crippen LogP contribution < -0.4 is 0 Å². The minimum absolute atomic E-state index is 0.236. The Morgan fingerprint density at radius 1 is 0.650 bits per heavy atom. The fraction of sp³-hybridized carbons (Fsp3) is 1.00. The average Bonchev–Trinajstić information content (AvgIpc) is 3.18. The Hall–Kier alpha value is -0.240. The molecule has 0 bridgehead atoms. The summed E-state index contributed by atoms with van der Waals surface area (Å²) in [6.45, 7) is 10.8. The second-order valence-electron chi connectivity index (χ2n) is 6.15. The zero-order valence-corrected chi connectivity index (χ0v) is 12.6. The molecule has 0 aromatic heterocycles. The lowest BCUT2D eigenvalue weighted by atomic mass is 9.99. The summed E-state index contributed by atoms with van der Waals surface area (Å²) in [4.78, 5) is 4.54. The second-order valence-corrected chi connectivity index (χ2v) is 6.15. The van der Waals surface area contributed by atoms with Gasteiger partial charge in [0.1, 0.15) is 26.9 Å². The summed E-state index contributed by atoms with van der Waals surface area (Å²) in [5.41, 5.74) is 0.472. The summed E-state index contributed by atoms with van der Waals surface area (Å²) in [5, 5.41) is 0. The first-order valence-corrected chi connectivity index (χ1v) is 7.56. The van der Waals surface area contributed by atoms with Crippen molar-refractivity contribution in [1.82, 2.24) is 9.80 Å². The van der Waals surface area contributed by atoms with E-state index in [1.54, 1.807) is 0 Å². The van der Waals surface area contributed by atoms with Gasteiger partial charge in [-0.05, 0) is 12.8 Å². The van der Waals surface area contributed by atoms with Crippen molar-refractivity contribution < 1.29 is 18.9 Å². The van der Waals surface area contributed by atoms with Crippen LogP contribution >= 0.6 is 0 Å². The number of ether oxygens (including phenoxy) is 4. The van der Waals surface area contributed by atoms with E-state index in [2.05, 4.69) is 23.6 Å². The van der Waals surface area contributed by atoms with Crippen molar-refractivity contribution in [2.45, 2.75) is 37.8 Å². The molecular formula is C14H26N2O4. The highest BCUT2D eigenvalue weighted by Crippen LogP contribution is 2.31. The Bertz CT molecular complexity index is 287. The Morgan fingerprint density at radius 2 is 0.950 bits per heavy atom. The third kappa shape index (κ3) is 2.38. The molecule has 6 nitrogen and oxygen atoms in total. The van der Waals surface area contributed by atoms with Gasteiger partial charge in [0.15, 0.2) is 0 Å². The highest BCUT2D eigenvalue weighted by Gasteiger charge is 2.45. The van der Waals surface area contributed by atoms with Crippen LogP contribution in [0.1, 0.15) is 26.7 Å². The van der Waals surface area contributed by atoms with Crippen molar-refractivity contribution in [1.29, 1.82) is 0 Å². The van der Waals surface area contributed by atoms with Gasteiger partial charge < -0.3 is 18.9 Å². The largest absolute Gasteiger partial charge is 0.364 e. The summed E-state index contributed by atoms with van der Waals surface area (Å²) in [7, 11) is 0. The third-order valence-corrected chi connectivity index (χ3v) is 5.13. The van der Waals surface area contributed by atoms with Crippen LogP contribution in [0.2, 0.25) is 0 Å². The molecule has 4 fully saturated rings. The first-order chi connectivity index (χ1) is 9.75. The molecule has 4 aliphatic rings. The molecule has 0 radical (unpaired) electrons. The van der Waals surface area contributed by atoms with Crippen LogP contribution in [0.25, 0.3) is 0 Å². The van der Waals surface area contributed by atoms with Crippen molar-refractivity contribution in [3.8, 4) is 0 Å². The maximum atomic E-state index is 5.35. The summed E-state index contributed by atoms with van der Waals surface area (Å²) in [6.07, 6.45) is 2.26. The topological polar surface area (TPSA) is 43.4 Å². The summed E-state index contributed by atoms with van der Waals surface area (Å²) < 4.78 is 21.4.